The van der Waals surface area contributed by atoms with Gasteiger partial charge in [0.15, 0.2) is 0 Å². The molecule has 3 unspecified atom stereocenters. The van der Waals surface area contributed by atoms with E-state index in [1.54, 1.807) is 0 Å². The van der Waals surface area contributed by atoms with E-state index < -0.39 is 0 Å². The second kappa shape index (κ2) is 9.93. The van der Waals surface area contributed by atoms with Crippen LogP contribution in [0.1, 0.15) is 72.6 Å². The fourth-order valence-corrected chi connectivity index (χ4v) is 2.07. The van der Waals surface area contributed by atoms with Gasteiger partial charge in [0.1, 0.15) is 0 Å². The summed E-state index contributed by atoms with van der Waals surface area (Å²) in [6, 6.07) is 0. The van der Waals surface area contributed by atoms with E-state index >= 15 is 0 Å². The van der Waals surface area contributed by atoms with Gasteiger partial charge in [-0.15, -0.1) is 6.58 Å². The summed E-state index contributed by atoms with van der Waals surface area (Å²) in [5, 5.41) is 0. The molecule has 0 aromatic rings. The van der Waals surface area contributed by atoms with Gasteiger partial charge in [0.2, 0.25) is 0 Å². The molecule has 16 heavy (non-hydrogen) atoms. The lowest BCUT2D eigenvalue weighted by molar-refractivity contribution is 0.401. The summed E-state index contributed by atoms with van der Waals surface area (Å²) in [5.41, 5.74) is 0. The number of hydrogen-bond acceptors (Lipinski definition) is 0. The molecule has 0 nitrogen and oxygen atoms in total. The monoisotopic (exact) mass is 224 g/mol. The number of hydrogen-bond donors (Lipinski definition) is 0. The van der Waals surface area contributed by atoms with E-state index in [2.05, 4.69) is 40.3 Å². The molecule has 3 atom stereocenters. The Balaban J connectivity index is 3.37. The van der Waals surface area contributed by atoms with Crippen LogP contribution in [0.25, 0.3) is 0 Å². The van der Waals surface area contributed by atoms with Crippen LogP contribution in [-0.4, -0.2) is 0 Å². The molecule has 0 radical (unpaired) electrons. The van der Waals surface area contributed by atoms with E-state index in [-0.39, 0.29) is 0 Å². The van der Waals surface area contributed by atoms with Crippen molar-refractivity contribution in [2.75, 3.05) is 0 Å². The lowest BCUT2D eigenvalue weighted by Gasteiger charge is -2.14. The van der Waals surface area contributed by atoms with Gasteiger partial charge in [0, 0.05) is 0 Å². The maximum absolute atomic E-state index is 3.84. The van der Waals surface area contributed by atoms with Gasteiger partial charge < -0.3 is 0 Å². The minimum Gasteiger partial charge on any atom is -0.103 e. The molecule has 0 saturated heterocycles. The van der Waals surface area contributed by atoms with Gasteiger partial charge in [-0.1, -0.05) is 72.3 Å². The van der Waals surface area contributed by atoms with Crippen LogP contribution in [0, 0.1) is 17.8 Å². The van der Waals surface area contributed by atoms with Crippen molar-refractivity contribution in [3.63, 3.8) is 0 Å². The molecule has 0 saturated carbocycles. The van der Waals surface area contributed by atoms with Crippen LogP contribution in [0.5, 0.6) is 0 Å². The summed E-state index contributed by atoms with van der Waals surface area (Å²) in [4.78, 5) is 0. The largest absolute Gasteiger partial charge is 0.103 e. The topological polar surface area (TPSA) is 0 Å². The second-order valence-corrected chi connectivity index (χ2v) is 5.69. The van der Waals surface area contributed by atoms with Gasteiger partial charge in [-0.2, -0.15) is 0 Å². The minimum atomic E-state index is 0.701. The van der Waals surface area contributed by atoms with Gasteiger partial charge >= 0.3 is 0 Å². The maximum atomic E-state index is 3.84. The molecule has 0 aliphatic rings. The van der Waals surface area contributed by atoms with Crippen LogP contribution in [-0.2, 0) is 0 Å². The first-order chi connectivity index (χ1) is 7.60. The van der Waals surface area contributed by atoms with Crippen LogP contribution in [0.15, 0.2) is 12.7 Å². The first kappa shape index (κ1) is 15.7. The second-order valence-electron chi connectivity index (χ2n) is 5.69. The van der Waals surface area contributed by atoms with E-state index in [1.807, 2.05) is 0 Å². The fourth-order valence-electron chi connectivity index (χ4n) is 2.07. The van der Waals surface area contributed by atoms with Gasteiger partial charge in [-0.25, -0.2) is 0 Å². The average Bonchev–Trinajstić information content (AvgIpc) is 2.28. The Morgan fingerprint density at radius 3 is 1.88 bits per heavy atom. The predicted molar refractivity (Wildman–Crippen MR) is 75.7 cm³/mol. The van der Waals surface area contributed by atoms with Crippen molar-refractivity contribution in [1.29, 1.82) is 0 Å². The summed E-state index contributed by atoms with van der Waals surface area (Å²) in [7, 11) is 0. The standard InChI is InChI=1S/C16H32/c1-6-14(3)10-8-12-16(5)13-9-11-15(4)7-2/h6,14-16H,1,7-13H2,2-5H3. The normalized spacial score (nSPS) is 16.8. The predicted octanol–water partition coefficient (Wildman–Crippen LogP) is 5.83. The first-order valence-electron chi connectivity index (χ1n) is 7.22. The Labute approximate surface area is 104 Å². The molecule has 0 aromatic heterocycles. The molecule has 0 spiro atoms. The molecule has 0 aromatic carbocycles. The highest BCUT2D eigenvalue weighted by Gasteiger charge is 2.05. The third kappa shape index (κ3) is 9.00. The van der Waals surface area contributed by atoms with E-state index in [9.17, 15) is 0 Å². The van der Waals surface area contributed by atoms with Crippen molar-refractivity contribution in [2.24, 2.45) is 17.8 Å². The number of allylic oxidation sites excluding steroid dienone is 1. The Morgan fingerprint density at radius 1 is 0.875 bits per heavy atom. The SMILES string of the molecule is C=CC(C)CCCC(C)CCCC(C)CC. The number of rotatable bonds is 10. The molecule has 0 bridgehead atoms. The van der Waals surface area contributed by atoms with Gasteiger partial charge in [-0.3, -0.25) is 0 Å². The van der Waals surface area contributed by atoms with Crippen LogP contribution < -0.4 is 0 Å². The maximum Gasteiger partial charge on any atom is -0.0265 e. The zero-order valence-corrected chi connectivity index (χ0v) is 12.0. The van der Waals surface area contributed by atoms with Crippen molar-refractivity contribution in [2.45, 2.75) is 72.6 Å². The molecule has 0 heterocycles. The molecular weight excluding hydrogens is 192 g/mol. The van der Waals surface area contributed by atoms with Crippen LogP contribution in [0.2, 0.25) is 0 Å². The lowest BCUT2D eigenvalue weighted by Crippen LogP contribution is -1.99. The van der Waals surface area contributed by atoms with E-state index in [4.69, 9.17) is 0 Å². The van der Waals surface area contributed by atoms with Crippen LogP contribution >= 0.6 is 0 Å². The Morgan fingerprint density at radius 2 is 1.38 bits per heavy atom. The summed E-state index contributed by atoms with van der Waals surface area (Å²) in [6.07, 6.45) is 11.8. The summed E-state index contributed by atoms with van der Waals surface area (Å²) in [5.74, 6) is 2.54. The van der Waals surface area contributed by atoms with Crippen LogP contribution in [0.3, 0.4) is 0 Å². The lowest BCUT2D eigenvalue weighted by atomic mass is 9.92. The summed E-state index contributed by atoms with van der Waals surface area (Å²) in [6.45, 7) is 13.2. The molecule has 0 fully saturated rings. The van der Waals surface area contributed by atoms with E-state index in [0.29, 0.717) is 5.92 Å². The van der Waals surface area contributed by atoms with Crippen molar-refractivity contribution >= 4 is 0 Å². The van der Waals surface area contributed by atoms with Crippen LogP contribution in [0.4, 0.5) is 0 Å². The highest BCUT2D eigenvalue weighted by atomic mass is 14.1. The molecule has 0 aliphatic heterocycles. The van der Waals surface area contributed by atoms with Gasteiger partial charge in [0.05, 0.1) is 0 Å². The van der Waals surface area contributed by atoms with Gasteiger partial charge in [0.25, 0.3) is 0 Å². The Bertz CT molecular complexity index is 159. The molecule has 0 N–H and O–H groups in total. The average molecular weight is 224 g/mol. The summed E-state index contributed by atoms with van der Waals surface area (Å²) < 4.78 is 0. The zero-order chi connectivity index (χ0) is 12.4. The quantitative estimate of drug-likeness (QED) is 0.409. The molecule has 0 amide bonds. The summed E-state index contributed by atoms with van der Waals surface area (Å²) >= 11 is 0. The zero-order valence-electron chi connectivity index (χ0n) is 12.0. The molecule has 0 heteroatoms. The van der Waals surface area contributed by atoms with E-state index in [0.717, 1.165) is 11.8 Å². The highest BCUT2D eigenvalue weighted by Crippen LogP contribution is 2.20. The van der Waals surface area contributed by atoms with E-state index in [1.165, 1.54) is 44.9 Å². The fraction of sp³-hybridized carbons (Fsp3) is 0.875. The van der Waals surface area contributed by atoms with Gasteiger partial charge in [-0.05, 0) is 24.2 Å². The van der Waals surface area contributed by atoms with Crippen molar-refractivity contribution < 1.29 is 0 Å². The minimum absolute atomic E-state index is 0.701. The third-order valence-corrected chi connectivity index (χ3v) is 3.85. The Kier molecular flexibility index (Phi) is 9.77. The molecule has 0 rings (SSSR count). The first-order valence-corrected chi connectivity index (χ1v) is 7.22. The molecule has 96 valence electrons. The molecule has 0 aliphatic carbocycles. The molecular formula is C16H32. The van der Waals surface area contributed by atoms with Crippen molar-refractivity contribution in [3.05, 3.63) is 12.7 Å². The Hall–Kier alpha value is -0.260. The third-order valence-electron chi connectivity index (χ3n) is 3.85. The smallest absolute Gasteiger partial charge is 0.0265 e. The highest BCUT2D eigenvalue weighted by molar-refractivity contribution is 4.74. The van der Waals surface area contributed by atoms with Crippen molar-refractivity contribution in [1.82, 2.24) is 0 Å². The van der Waals surface area contributed by atoms with Crippen molar-refractivity contribution in [3.8, 4) is 0 Å².